The summed E-state index contributed by atoms with van der Waals surface area (Å²) in [5, 5.41) is 3.31. The van der Waals surface area contributed by atoms with E-state index in [4.69, 9.17) is 4.74 Å². The smallest absolute Gasteiger partial charge is 0.344 e. The fraction of sp³-hybridized carbons (Fsp3) is 0.444. The van der Waals surface area contributed by atoms with E-state index >= 15 is 0 Å². The number of hydrogen-bond acceptors (Lipinski definition) is 5. The molecule has 0 bridgehead atoms. The van der Waals surface area contributed by atoms with Gasteiger partial charge in [0.2, 0.25) is 0 Å². The molecule has 1 heterocycles. The lowest BCUT2D eigenvalue weighted by Gasteiger charge is -2.33. The van der Waals surface area contributed by atoms with Gasteiger partial charge in [0.15, 0.2) is 6.61 Å². The Balaban J connectivity index is 1.54. The fourth-order valence-corrected chi connectivity index (χ4v) is 3.27. The number of rotatable bonds is 4. The molecule has 0 unspecified atom stereocenters. The van der Waals surface area contributed by atoms with Crippen LogP contribution in [-0.2, 0) is 14.3 Å². The minimum atomic E-state index is -0.971. The Morgan fingerprint density at radius 1 is 1.26 bits per heavy atom. The second-order valence-electron chi connectivity index (χ2n) is 6.95. The third-order valence-electron chi connectivity index (χ3n) is 4.94. The highest BCUT2D eigenvalue weighted by molar-refractivity contribution is 6.08. The zero-order valence-electron chi connectivity index (χ0n) is 14.8. The fourth-order valence-electron chi connectivity index (χ4n) is 3.27. The summed E-state index contributed by atoms with van der Waals surface area (Å²) in [4.78, 5) is 48.5. The highest BCUT2D eigenvalue weighted by Gasteiger charge is 2.52. The summed E-state index contributed by atoms with van der Waals surface area (Å²) in [6, 6.07) is 3.93. The molecule has 8 nitrogen and oxygen atoms in total. The number of hydrazine groups is 1. The summed E-state index contributed by atoms with van der Waals surface area (Å²) < 4.78 is 17.7. The molecule has 0 aromatic heterocycles. The molecule has 1 aromatic rings. The van der Waals surface area contributed by atoms with E-state index in [-0.39, 0.29) is 5.56 Å². The summed E-state index contributed by atoms with van der Waals surface area (Å²) in [5.41, 5.74) is 1.28. The molecule has 9 heteroatoms. The molecule has 1 saturated carbocycles. The first-order chi connectivity index (χ1) is 12.8. The zero-order valence-corrected chi connectivity index (χ0v) is 14.8. The number of ether oxygens (including phenoxy) is 1. The molecule has 1 saturated heterocycles. The molecule has 144 valence electrons. The van der Waals surface area contributed by atoms with Gasteiger partial charge in [-0.15, -0.1) is 0 Å². The van der Waals surface area contributed by atoms with Crippen molar-refractivity contribution >= 4 is 23.8 Å². The maximum absolute atomic E-state index is 12.8. The Kier molecular flexibility index (Phi) is 5.11. The number of benzene rings is 1. The van der Waals surface area contributed by atoms with Crippen molar-refractivity contribution in [3.05, 3.63) is 35.6 Å². The third kappa shape index (κ3) is 3.91. The quantitative estimate of drug-likeness (QED) is 0.611. The van der Waals surface area contributed by atoms with Gasteiger partial charge in [-0.05, 0) is 55.9 Å². The van der Waals surface area contributed by atoms with Crippen molar-refractivity contribution in [3.8, 4) is 0 Å². The summed E-state index contributed by atoms with van der Waals surface area (Å²) in [6.45, 7) is 1.40. The molecule has 1 aliphatic carbocycles. The predicted molar refractivity (Wildman–Crippen MR) is 90.6 cm³/mol. The molecule has 27 heavy (non-hydrogen) atoms. The van der Waals surface area contributed by atoms with E-state index in [1.807, 2.05) is 0 Å². The maximum Gasteiger partial charge on any atom is 0.344 e. The monoisotopic (exact) mass is 377 g/mol. The van der Waals surface area contributed by atoms with Crippen LogP contribution in [0.3, 0.4) is 0 Å². The number of carbonyl (C=O) groups excluding carboxylic acids is 4. The van der Waals surface area contributed by atoms with E-state index in [0.717, 1.165) is 25.0 Å². The average Bonchev–Trinajstić information content (AvgIpc) is 2.87. The summed E-state index contributed by atoms with van der Waals surface area (Å²) >= 11 is 0. The topological polar surface area (TPSA) is 105 Å². The van der Waals surface area contributed by atoms with Crippen LogP contribution in [0.15, 0.2) is 24.3 Å². The third-order valence-corrected chi connectivity index (χ3v) is 4.94. The van der Waals surface area contributed by atoms with Crippen molar-refractivity contribution in [2.24, 2.45) is 5.92 Å². The summed E-state index contributed by atoms with van der Waals surface area (Å²) in [5.74, 6) is -2.17. The number of hydrogen-bond donors (Lipinski definition) is 2. The van der Waals surface area contributed by atoms with Gasteiger partial charge in [-0.3, -0.25) is 15.0 Å². The van der Waals surface area contributed by atoms with Crippen molar-refractivity contribution in [1.29, 1.82) is 0 Å². The van der Waals surface area contributed by atoms with Crippen molar-refractivity contribution in [3.63, 3.8) is 0 Å². The molecule has 0 atom stereocenters. The molecular formula is C18H20FN3O5. The molecule has 2 fully saturated rings. The van der Waals surface area contributed by atoms with E-state index in [0.29, 0.717) is 23.8 Å². The molecule has 1 spiro atoms. The van der Waals surface area contributed by atoms with Gasteiger partial charge in [0.1, 0.15) is 11.4 Å². The van der Waals surface area contributed by atoms with E-state index in [2.05, 4.69) is 17.7 Å². The SMILES string of the molecule is CC1CCC2(CC1)NC(=O)N(NC(=O)COC(=O)c1ccc(F)cc1)C2=O. The Morgan fingerprint density at radius 3 is 2.52 bits per heavy atom. The van der Waals surface area contributed by atoms with Crippen LogP contribution < -0.4 is 10.7 Å². The molecule has 2 N–H and O–H groups in total. The number of urea groups is 1. The van der Waals surface area contributed by atoms with Crippen molar-refractivity contribution in [1.82, 2.24) is 15.8 Å². The van der Waals surface area contributed by atoms with Crippen LogP contribution in [0.4, 0.5) is 9.18 Å². The average molecular weight is 377 g/mol. The van der Waals surface area contributed by atoms with Gasteiger partial charge in [-0.1, -0.05) is 6.92 Å². The normalized spacial score (nSPS) is 24.7. The van der Waals surface area contributed by atoms with Gasteiger partial charge in [0, 0.05) is 0 Å². The Hall–Kier alpha value is -2.97. The predicted octanol–water partition coefficient (Wildman–Crippen LogP) is 1.51. The number of nitrogens with zero attached hydrogens (tertiary/aromatic N) is 1. The summed E-state index contributed by atoms with van der Waals surface area (Å²) in [6.07, 6.45) is 2.65. The Morgan fingerprint density at radius 2 is 1.89 bits per heavy atom. The van der Waals surface area contributed by atoms with E-state index in [9.17, 15) is 23.6 Å². The number of imide groups is 1. The second kappa shape index (κ2) is 7.34. The number of esters is 1. The van der Waals surface area contributed by atoms with Crippen molar-refractivity contribution in [2.45, 2.75) is 38.1 Å². The van der Waals surface area contributed by atoms with Crippen LogP contribution in [0.1, 0.15) is 43.0 Å². The van der Waals surface area contributed by atoms with E-state index in [1.165, 1.54) is 12.1 Å². The standard InChI is InChI=1S/C18H20FN3O5/c1-11-6-8-18(9-7-11)16(25)22(17(26)20-18)21-14(23)10-27-15(24)12-2-4-13(19)5-3-12/h2-5,11H,6-10H2,1H3,(H,20,26)(H,21,23). The maximum atomic E-state index is 12.8. The molecular weight excluding hydrogens is 357 g/mol. The number of carbonyl (C=O) groups is 4. The molecule has 3 rings (SSSR count). The lowest BCUT2D eigenvalue weighted by atomic mass is 9.77. The lowest BCUT2D eigenvalue weighted by Crippen LogP contribution is -2.52. The second-order valence-corrected chi connectivity index (χ2v) is 6.95. The minimum Gasteiger partial charge on any atom is -0.452 e. The van der Waals surface area contributed by atoms with Gasteiger partial charge < -0.3 is 10.1 Å². The van der Waals surface area contributed by atoms with Gasteiger partial charge in [0.25, 0.3) is 11.8 Å². The largest absolute Gasteiger partial charge is 0.452 e. The number of nitrogens with one attached hydrogen (secondary N) is 2. The van der Waals surface area contributed by atoms with Crippen LogP contribution in [0.25, 0.3) is 0 Å². The highest BCUT2D eigenvalue weighted by atomic mass is 19.1. The van der Waals surface area contributed by atoms with Gasteiger partial charge >= 0.3 is 12.0 Å². The van der Waals surface area contributed by atoms with Crippen LogP contribution in [0, 0.1) is 11.7 Å². The number of halogens is 1. The van der Waals surface area contributed by atoms with Gasteiger partial charge in [-0.2, -0.15) is 5.01 Å². The molecule has 1 aromatic carbocycles. The van der Waals surface area contributed by atoms with Crippen LogP contribution in [0.2, 0.25) is 0 Å². The highest BCUT2D eigenvalue weighted by Crippen LogP contribution is 2.35. The van der Waals surface area contributed by atoms with Crippen LogP contribution in [-0.4, -0.2) is 41.0 Å². The lowest BCUT2D eigenvalue weighted by molar-refractivity contribution is -0.141. The van der Waals surface area contributed by atoms with E-state index in [1.54, 1.807) is 0 Å². The molecule has 0 radical (unpaired) electrons. The Labute approximate surface area is 155 Å². The first kappa shape index (κ1) is 18.8. The van der Waals surface area contributed by atoms with Crippen LogP contribution >= 0.6 is 0 Å². The van der Waals surface area contributed by atoms with Gasteiger partial charge in [0.05, 0.1) is 5.56 Å². The van der Waals surface area contributed by atoms with Gasteiger partial charge in [-0.25, -0.2) is 14.0 Å². The summed E-state index contributed by atoms with van der Waals surface area (Å²) in [7, 11) is 0. The minimum absolute atomic E-state index is 0.0782. The molecule has 4 amide bonds. The first-order valence-electron chi connectivity index (χ1n) is 8.69. The van der Waals surface area contributed by atoms with E-state index < -0.39 is 41.8 Å². The Bertz CT molecular complexity index is 772. The zero-order chi connectivity index (χ0) is 19.6. The molecule has 1 aliphatic heterocycles. The van der Waals surface area contributed by atoms with Crippen LogP contribution in [0.5, 0.6) is 0 Å². The van der Waals surface area contributed by atoms with Crippen molar-refractivity contribution in [2.75, 3.05) is 6.61 Å². The first-order valence-corrected chi connectivity index (χ1v) is 8.69. The number of amides is 4. The molecule has 2 aliphatic rings. The van der Waals surface area contributed by atoms with Crippen molar-refractivity contribution < 1.29 is 28.3 Å².